The molecule has 4 heteroatoms. The van der Waals surface area contributed by atoms with E-state index < -0.39 is 0 Å². The van der Waals surface area contributed by atoms with Gasteiger partial charge in [-0.1, -0.05) is 18.2 Å². The van der Waals surface area contributed by atoms with Gasteiger partial charge in [-0.2, -0.15) is 0 Å². The SMILES string of the molecule is COc1ccc(COC/C=C/C(OC)OC)cc1. The fraction of sp³-hybridized carbons (Fsp3) is 0.429. The molecule has 0 radical (unpaired) electrons. The predicted octanol–water partition coefficient (Wildman–Crippen LogP) is 2.39. The Morgan fingerprint density at radius 3 is 2.28 bits per heavy atom. The highest BCUT2D eigenvalue weighted by Gasteiger charge is 1.97. The lowest BCUT2D eigenvalue weighted by Gasteiger charge is -2.07. The minimum Gasteiger partial charge on any atom is -0.497 e. The third-order valence-corrected chi connectivity index (χ3v) is 2.40. The number of methoxy groups -OCH3 is 3. The smallest absolute Gasteiger partial charge is 0.176 e. The quantitative estimate of drug-likeness (QED) is 0.404. The molecule has 0 aliphatic carbocycles. The van der Waals surface area contributed by atoms with Crippen LogP contribution in [0.2, 0.25) is 0 Å². The van der Waals surface area contributed by atoms with Crippen molar-refractivity contribution in [2.45, 2.75) is 12.9 Å². The van der Waals surface area contributed by atoms with Crippen molar-refractivity contribution in [1.82, 2.24) is 0 Å². The van der Waals surface area contributed by atoms with E-state index in [1.54, 1.807) is 21.3 Å². The largest absolute Gasteiger partial charge is 0.497 e. The van der Waals surface area contributed by atoms with E-state index >= 15 is 0 Å². The average molecular weight is 252 g/mol. The molecule has 4 nitrogen and oxygen atoms in total. The minimum absolute atomic E-state index is 0.311. The normalized spacial score (nSPS) is 11.3. The van der Waals surface area contributed by atoms with Crippen LogP contribution < -0.4 is 4.74 Å². The summed E-state index contributed by atoms with van der Waals surface area (Å²) in [5.74, 6) is 0.849. The number of hydrogen-bond acceptors (Lipinski definition) is 4. The lowest BCUT2D eigenvalue weighted by molar-refractivity contribution is -0.0670. The van der Waals surface area contributed by atoms with Gasteiger partial charge in [-0.15, -0.1) is 0 Å². The van der Waals surface area contributed by atoms with Gasteiger partial charge in [-0.05, 0) is 23.8 Å². The second-order valence-corrected chi connectivity index (χ2v) is 3.63. The van der Waals surface area contributed by atoms with Crippen LogP contribution in [0.1, 0.15) is 5.56 Å². The van der Waals surface area contributed by atoms with E-state index in [9.17, 15) is 0 Å². The predicted molar refractivity (Wildman–Crippen MR) is 69.6 cm³/mol. The van der Waals surface area contributed by atoms with Crippen LogP contribution >= 0.6 is 0 Å². The van der Waals surface area contributed by atoms with Crippen molar-refractivity contribution in [2.75, 3.05) is 27.9 Å². The Kier molecular flexibility index (Phi) is 7.10. The fourth-order valence-corrected chi connectivity index (χ4v) is 1.39. The number of ether oxygens (including phenoxy) is 4. The van der Waals surface area contributed by atoms with Crippen LogP contribution in [0.5, 0.6) is 5.75 Å². The third-order valence-electron chi connectivity index (χ3n) is 2.40. The van der Waals surface area contributed by atoms with Crippen LogP contribution in [0, 0.1) is 0 Å². The standard InChI is InChI=1S/C14H20O4/c1-15-13-8-6-12(7-9-13)11-18-10-4-5-14(16-2)17-3/h4-9,14H,10-11H2,1-3H3/b5-4+. The molecule has 0 atom stereocenters. The van der Waals surface area contributed by atoms with E-state index in [2.05, 4.69) is 0 Å². The Labute approximate surface area is 108 Å². The van der Waals surface area contributed by atoms with Gasteiger partial charge in [0.15, 0.2) is 6.29 Å². The molecule has 0 unspecified atom stereocenters. The zero-order valence-corrected chi connectivity index (χ0v) is 11.1. The van der Waals surface area contributed by atoms with Gasteiger partial charge in [0.1, 0.15) is 5.75 Å². The van der Waals surface area contributed by atoms with Crippen molar-refractivity contribution in [3.8, 4) is 5.75 Å². The second kappa shape index (κ2) is 8.69. The molecular formula is C14H20O4. The van der Waals surface area contributed by atoms with Gasteiger partial charge in [-0.25, -0.2) is 0 Å². The molecule has 100 valence electrons. The van der Waals surface area contributed by atoms with Crippen LogP contribution in [0.25, 0.3) is 0 Å². The van der Waals surface area contributed by atoms with Crippen LogP contribution in [-0.4, -0.2) is 34.2 Å². The molecule has 1 rings (SSSR count). The zero-order valence-electron chi connectivity index (χ0n) is 11.1. The zero-order chi connectivity index (χ0) is 13.2. The van der Waals surface area contributed by atoms with Gasteiger partial charge in [-0.3, -0.25) is 0 Å². The maximum atomic E-state index is 5.49. The molecule has 0 amide bonds. The van der Waals surface area contributed by atoms with Crippen molar-refractivity contribution in [2.24, 2.45) is 0 Å². The number of hydrogen-bond donors (Lipinski definition) is 0. The monoisotopic (exact) mass is 252 g/mol. The Morgan fingerprint density at radius 2 is 1.72 bits per heavy atom. The summed E-state index contributed by atoms with van der Waals surface area (Å²) in [4.78, 5) is 0. The Hall–Kier alpha value is -1.36. The van der Waals surface area contributed by atoms with E-state index in [1.165, 1.54) is 0 Å². The molecule has 0 heterocycles. The van der Waals surface area contributed by atoms with Crippen molar-refractivity contribution in [1.29, 1.82) is 0 Å². The van der Waals surface area contributed by atoms with Crippen molar-refractivity contribution < 1.29 is 18.9 Å². The van der Waals surface area contributed by atoms with Gasteiger partial charge in [0, 0.05) is 14.2 Å². The Balaban J connectivity index is 2.24. The van der Waals surface area contributed by atoms with E-state index in [1.807, 2.05) is 36.4 Å². The molecule has 1 aromatic rings. The maximum Gasteiger partial charge on any atom is 0.176 e. The molecule has 0 spiro atoms. The first kappa shape index (κ1) is 14.7. The van der Waals surface area contributed by atoms with Crippen molar-refractivity contribution >= 4 is 0 Å². The van der Waals surface area contributed by atoms with E-state index in [0.29, 0.717) is 13.2 Å². The second-order valence-electron chi connectivity index (χ2n) is 3.63. The van der Waals surface area contributed by atoms with Gasteiger partial charge in [0.25, 0.3) is 0 Å². The Bertz CT molecular complexity index is 341. The lowest BCUT2D eigenvalue weighted by Crippen LogP contribution is -2.09. The van der Waals surface area contributed by atoms with Crippen LogP contribution in [0.3, 0.4) is 0 Å². The Morgan fingerprint density at radius 1 is 1.06 bits per heavy atom. The summed E-state index contributed by atoms with van der Waals surface area (Å²) in [6.45, 7) is 1.09. The van der Waals surface area contributed by atoms with Gasteiger partial charge in [0.2, 0.25) is 0 Å². The lowest BCUT2D eigenvalue weighted by atomic mass is 10.2. The maximum absolute atomic E-state index is 5.49. The summed E-state index contributed by atoms with van der Waals surface area (Å²) < 4.78 is 20.6. The van der Waals surface area contributed by atoms with Crippen molar-refractivity contribution in [3.63, 3.8) is 0 Å². The summed E-state index contributed by atoms with van der Waals surface area (Å²) in [6.07, 6.45) is 3.38. The highest BCUT2D eigenvalue weighted by molar-refractivity contribution is 5.26. The molecule has 0 saturated heterocycles. The highest BCUT2D eigenvalue weighted by Crippen LogP contribution is 2.11. The first-order valence-corrected chi connectivity index (χ1v) is 5.73. The molecule has 0 aromatic heterocycles. The van der Waals surface area contributed by atoms with Gasteiger partial charge >= 0.3 is 0 Å². The summed E-state index contributed by atoms with van der Waals surface area (Å²) in [5.41, 5.74) is 1.11. The van der Waals surface area contributed by atoms with E-state index in [0.717, 1.165) is 11.3 Å². The first-order valence-electron chi connectivity index (χ1n) is 5.73. The highest BCUT2D eigenvalue weighted by atomic mass is 16.7. The molecule has 0 saturated carbocycles. The molecule has 0 aliphatic heterocycles. The molecule has 0 bridgehead atoms. The summed E-state index contributed by atoms with van der Waals surface area (Å²) in [5, 5.41) is 0. The topological polar surface area (TPSA) is 36.9 Å². The molecule has 0 N–H and O–H groups in total. The van der Waals surface area contributed by atoms with Gasteiger partial charge in [0.05, 0.1) is 20.3 Å². The number of rotatable bonds is 8. The molecule has 0 fully saturated rings. The summed E-state index contributed by atoms with van der Waals surface area (Å²) in [6, 6.07) is 7.80. The van der Waals surface area contributed by atoms with Crippen LogP contribution in [0.4, 0.5) is 0 Å². The average Bonchev–Trinajstić information content (AvgIpc) is 2.43. The van der Waals surface area contributed by atoms with Gasteiger partial charge < -0.3 is 18.9 Å². The summed E-state index contributed by atoms with van der Waals surface area (Å²) >= 11 is 0. The minimum atomic E-state index is -0.311. The molecule has 18 heavy (non-hydrogen) atoms. The van der Waals surface area contributed by atoms with E-state index in [4.69, 9.17) is 18.9 Å². The van der Waals surface area contributed by atoms with Crippen LogP contribution in [-0.2, 0) is 20.8 Å². The first-order chi connectivity index (χ1) is 8.80. The summed E-state index contributed by atoms with van der Waals surface area (Å²) in [7, 11) is 4.84. The molecular weight excluding hydrogens is 232 g/mol. The van der Waals surface area contributed by atoms with Crippen LogP contribution in [0.15, 0.2) is 36.4 Å². The number of benzene rings is 1. The fourth-order valence-electron chi connectivity index (χ4n) is 1.39. The third kappa shape index (κ3) is 5.31. The molecule has 0 aliphatic rings. The van der Waals surface area contributed by atoms with Crippen molar-refractivity contribution in [3.05, 3.63) is 42.0 Å². The molecule has 1 aromatic carbocycles. The van der Waals surface area contributed by atoms with E-state index in [-0.39, 0.29) is 6.29 Å².